The number of halogens is 1. The zero-order chi connectivity index (χ0) is 17.9. The van der Waals surface area contributed by atoms with E-state index in [1.165, 1.54) is 11.1 Å². The molecule has 1 saturated heterocycles. The Balaban J connectivity index is 1.59. The Labute approximate surface area is 155 Å². The lowest BCUT2D eigenvalue weighted by Gasteiger charge is -2.34. The van der Waals surface area contributed by atoms with Crippen LogP contribution in [0, 0.1) is 6.92 Å². The molecule has 1 fully saturated rings. The SMILES string of the molecule is Cc1cccc(CN2CCN(S(=O)(=O)Cc3ccccc3Cl)CC2)c1. The van der Waals surface area contributed by atoms with E-state index in [2.05, 4.69) is 36.1 Å². The quantitative estimate of drug-likeness (QED) is 0.801. The summed E-state index contributed by atoms with van der Waals surface area (Å²) in [5.41, 5.74) is 3.18. The maximum absolute atomic E-state index is 12.7. The van der Waals surface area contributed by atoms with E-state index in [4.69, 9.17) is 11.6 Å². The molecule has 2 aromatic rings. The van der Waals surface area contributed by atoms with Gasteiger partial charge < -0.3 is 0 Å². The second-order valence-electron chi connectivity index (χ2n) is 6.51. The first-order valence-corrected chi connectivity index (χ1v) is 10.4. The Kier molecular flexibility index (Phi) is 5.79. The minimum Gasteiger partial charge on any atom is -0.296 e. The van der Waals surface area contributed by atoms with Gasteiger partial charge in [-0.15, -0.1) is 0 Å². The van der Waals surface area contributed by atoms with E-state index in [0.29, 0.717) is 23.7 Å². The first kappa shape index (κ1) is 18.4. The summed E-state index contributed by atoms with van der Waals surface area (Å²) in [6.45, 7) is 5.49. The normalized spacial score (nSPS) is 16.9. The molecule has 0 amide bonds. The highest BCUT2D eigenvalue weighted by molar-refractivity contribution is 7.88. The third-order valence-corrected chi connectivity index (χ3v) is 6.71. The lowest BCUT2D eigenvalue weighted by molar-refractivity contribution is 0.181. The summed E-state index contributed by atoms with van der Waals surface area (Å²) >= 11 is 6.10. The van der Waals surface area contributed by atoms with E-state index >= 15 is 0 Å². The molecule has 1 aliphatic rings. The van der Waals surface area contributed by atoms with E-state index in [1.54, 1.807) is 16.4 Å². The van der Waals surface area contributed by atoms with Crippen molar-refractivity contribution in [2.24, 2.45) is 0 Å². The van der Waals surface area contributed by atoms with Crippen LogP contribution in [0.3, 0.4) is 0 Å². The highest BCUT2D eigenvalue weighted by Gasteiger charge is 2.27. The van der Waals surface area contributed by atoms with E-state index in [9.17, 15) is 8.42 Å². The number of aryl methyl sites for hydroxylation is 1. The minimum atomic E-state index is -3.34. The summed E-state index contributed by atoms with van der Waals surface area (Å²) in [4.78, 5) is 2.30. The fraction of sp³-hybridized carbons (Fsp3) is 0.368. The molecular formula is C19H23ClN2O2S. The number of hydrogen-bond donors (Lipinski definition) is 0. The number of sulfonamides is 1. The molecule has 4 nitrogen and oxygen atoms in total. The van der Waals surface area contributed by atoms with Gasteiger partial charge in [0.25, 0.3) is 0 Å². The fourth-order valence-electron chi connectivity index (χ4n) is 3.14. The lowest BCUT2D eigenvalue weighted by atomic mass is 10.1. The molecule has 1 heterocycles. The predicted octanol–water partition coefficient (Wildman–Crippen LogP) is 3.30. The average molecular weight is 379 g/mol. The molecule has 0 aromatic heterocycles. The van der Waals surface area contributed by atoms with Crippen molar-refractivity contribution >= 4 is 21.6 Å². The van der Waals surface area contributed by atoms with Crippen LogP contribution in [0.15, 0.2) is 48.5 Å². The molecule has 0 N–H and O–H groups in total. The molecule has 6 heteroatoms. The van der Waals surface area contributed by atoms with Crippen molar-refractivity contribution in [3.63, 3.8) is 0 Å². The van der Waals surface area contributed by atoms with Crippen LogP contribution in [0.25, 0.3) is 0 Å². The van der Waals surface area contributed by atoms with Gasteiger partial charge in [-0.1, -0.05) is 59.6 Å². The van der Waals surface area contributed by atoms with Gasteiger partial charge in [-0.05, 0) is 24.1 Å². The van der Waals surface area contributed by atoms with Crippen LogP contribution in [-0.4, -0.2) is 43.8 Å². The summed E-state index contributed by atoms with van der Waals surface area (Å²) in [5.74, 6) is -0.0371. The standard InChI is InChI=1S/C19H23ClN2O2S/c1-16-5-4-6-17(13-16)14-21-9-11-22(12-10-21)25(23,24)15-18-7-2-3-8-19(18)20/h2-8,13H,9-12,14-15H2,1H3. The molecule has 1 aliphatic heterocycles. The Morgan fingerprint density at radius 3 is 2.40 bits per heavy atom. The number of nitrogens with zero attached hydrogens (tertiary/aromatic N) is 2. The fourth-order valence-corrected chi connectivity index (χ4v) is 4.97. The average Bonchev–Trinajstić information content (AvgIpc) is 2.57. The van der Waals surface area contributed by atoms with Crippen molar-refractivity contribution in [3.8, 4) is 0 Å². The second-order valence-corrected chi connectivity index (χ2v) is 8.89. The highest BCUT2D eigenvalue weighted by Crippen LogP contribution is 2.20. The molecule has 0 radical (unpaired) electrons. The monoisotopic (exact) mass is 378 g/mol. The molecule has 25 heavy (non-hydrogen) atoms. The Morgan fingerprint density at radius 1 is 1.00 bits per heavy atom. The van der Waals surface area contributed by atoms with Gasteiger partial charge in [0.15, 0.2) is 0 Å². The van der Waals surface area contributed by atoms with Gasteiger partial charge in [0.2, 0.25) is 10.0 Å². The highest BCUT2D eigenvalue weighted by atomic mass is 35.5. The molecule has 3 rings (SSSR count). The van der Waals surface area contributed by atoms with Crippen LogP contribution in [-0.2, 0) is 22.3 Å². The second kappa shape index (κ2) is 7.87. The summed E-state index contributed by atoms with van der Waals surface area (Å²) in [6.07, 6.45) is 0. The molecule has 0 spiro atoms. The zero-order valence-corrected chi connectivity index (χ0v) is 15.9. The maximum atomic E-state index is 12.7. The van der Waals surface area contributed by atoms with E-state index < -0.39 is 10.0 Å². The number of rotatable bonds is 5. The Bertz CT molecular complexity index is 831. The first-order valence-electron chi connectivity index (χ1n) is 8.43. The van der Waals surface area contributed by atoms with Crippen LogP contribution in [0.5, 0.6) is 0 Å². The van der Waals surface area contributed by atoms with Gasteiger partial charge in [0.05, 0.1) is 5.75 Å². The van der Waals surface area contributed by atoms with Gasteiger partial charge in [-0.2, -0.15) is 4.31 Å². The first-order chi connectivity index (χ1) is 11.9. The van der Waals surface area contributed by atoms with Gasteiger partial charge in [0, 0.05) is 37.7 Å². The number of piperazine rings is 1. The van der Waals surface area contributed by atoms with Gasteiger partial charge in [-0.3, -0.25) is 4.90 Å². The van der Waals surface area contributed by atoms with Gasteiger partial charge >= 0.3 is 0 Å². The van der Waals surface area contributed by atoms with E-state index in [1.807, 2.05) is 12.1 Å². The smallest absolute Gasteiger partial charge is 0.218 e. The summed E-state index contributed by atoms with van der Waals surface area (Å²) in [7, 11) is -3.34. The van der Waals surface area contributed by atoms with E-state index in [-0.39, 0.29) is 5.75 Å². The molecule has 0 unspecified atom stereocenters. The van der Waals surface area contributed by atoms with Crippen molar-refractivity contribution < 1.29 is 8.42 Å². The Hall–Kier alpha value is -1.40. The van der Waals surface area contributed by atoms with Gasteiger partial charge in [-0.25, -0.2) is 8.42 Å². The van der Waals surface area contributed by atoms with E-state index in [0.717, 1.165) is 19.6 Å². The van der Waals surface area contributed by atoms with Crippen LogP contribution in [0.4, 0.5) is 0 Å². The summed E-state index contributed by atoms with van der Waals surface area (Å²) in [6, 6.07) is 15.6. The van der Waals surface area contributed by atoms with Crippen molar-refractivity contribution in [2.75, 3.05) is 26.2 Å². The van der Waals surface area contributed by atoms with Crippen LogP contribution in [0.1, 0.15) is 16.7 Å². The topological polar surface area (TPSA) is 40.6 Å². The third-order valence-electron chi connectivity index (χ3n) is 4.51. The minimum absolute atomic E-state index is 0.0371. The van der Waals surface area contributed by atoms with Crippen molar-refractivity contribution in [3.05, 3.63) is 70.2 Å². The molecule has 0 aliphatic carbocycles. The van der Waals surface area contributed by atoms with Crippen LogP contribution < -0.4 is 0 Å². The zero-order valence-electron chi connectivity index (χ0n) is 14.4. The van der Waals surface area contributed by atoms with Crippen molar-refractivity contribution in [2.45, 2.75) is 19.2 Å². The van der Waals surface area contributed by atoms with Crippen LogP contribution in [0.2, 0.25) is 5.02 Å². The molecule has 0 atom stereocenters. The molecule has 134 valence electrons. The molecule has 2 aromatic carbocycles. The molecular weight excluding hydrogens is 356 g/mol. The van der Waals surface area contributed by atoms with Crippen molar-refractivity contribution in [1.82, 2.24) is 9.21 Å². The lowest BCUT2D eigenvalue weighted by Crippen LogP contribution is -2.48. The Morgan fingerprint density at radius 2 is 1.72 bits per heavy atom. The number of benzene rings is 2. The van der Waals surface area contributed by atoms with Crippen molar-refractivity contribution in [1.29, 1.82) is 0 Å². The molecule has 0 bridgehead atoms. The summed E-state index contributed by atoms with van der Waals surface area (Å²) < 4.78 is 26.9. The number of hydrogen-bond acceptors (Lipinski definition) is 3. The summed E-state index contributed by atoms with van der Waals surface area (Å²) in [5, 5.41) is 0.504. The van der Waals surface area contributed by atoms with Gasteiger partial charge in [0.1, 0.15) is 0 Å². The van der Waals surface area contributed by atoms with Crippen LogP contribution >= 0.6 is 11.6 Å². The maximum Gasteiger partial charge on any atom is 0.218 e. The largest absolute Gasteiger partial charge is 0.296 e. The third kappa shape index (κ3) is 4.82. The molecule has 0 saturated carbocycles. The predicted molar refractivity (Wildman–Crippen MR) is 102 cm³/mol.